The van der Waals surface area contributed by atoms with Crippen molar-refractivity contribution in [2.45, 2.75) is 46.0 Å². The lowest BCUT2D eigenvalue weighted by molar-refractivity contribution is -0.124. The Morgan fingerprint density at radius 1 is 1.04 bits per heavy atom. The first-order valence-electron chi connectivity index (χ1n) is 10.4. The van der Waals surface area contributed by atoms with Gasteiger partial charge in [-0.05, 0) is 48.4 Å². The Balaban J connectivity index is 1.61. The molecule has 0 radical (unpaired) electrons. The number of fused-ring (bicyclic) bond motifs is 1. The van der Waals surface area contributed by atoms with Gasteiger partial charge in [0.25, 0.3) is 0 Å². The summed E-state index contributed by atoms with van der Waals surface area (Å²) in [7, 11) is 0. The fraction of sp³-hybridized carbons (Fsp3) is 0.417. The van der Waals surface area contributed by atoms with Gasteiger partial charge in [0.2, 0.25) is 11.8 Å². The second kappa shape index (κ2) is 7.78. The second-order valence-electron chi connectivity index (χ2n) is 7.76. The number of hydrogen-bond acceptors (Lipinski definition) is 2. The van der Waals surface area contributed by atoms with Gasteiger partial charge in [0.15, 0.2) is 0 Å². The molecule has 4 rings (SSSR count). The highest BCUT2D eigenvalue weighted by Gasteiger charge is 2.39. The van der Waals surface area contributed by atoms with Gasteiger partial charge in [-0.1, -0.05) is 50.2 Å². The van der Waals surface area contributed by atoms with E-state index in [4.69, 9.17) is 0 Å². The van der Waals surface area contributed by atoms with Crippen LogP contribution in [0.5, 0.6) is 0 Å². The van der Waals surface area contributed by atoms with E-state index < -0.39 is 0 Å². The number of benzene rings is 2. The topological polar surface area (TPSA) is 40.6 Å². The number of carbonyl (C=O) groups is 2. The molecular weight excluding hydrogens is 348 g/mol. The third-order valence-corrected chi connectivity index (χ3v) is 6.09. The third-order valence-electron chi connectivity index (χ3n) is 6.09. The first kappa shape index (κ1) is 18.7. The molecule has 2 aliphatic heterocycles. The number of aryl methyl sites for hydroxylation is 3. The number of nitrogens with zero attached hydrogens (tertiary/aromatic N) is 2. The Hall–Kier alpha value is -2.62. The highest BCUT2D eigenvalue weighted by molar-refractivity contribution is 6.05. The van der Waals surface area contributed by atoms with Gasteiger partial charge in [-0.2, -0.15) is 0 Å². The summed E-state index contributed by atoms with van der Waals surface area (Å²) >= 11 is 0. The minimum atomic E-state index is -0.270. The van der Waals surface area contributed by atoms with Gasteiger partial charge in [0.1, 0.15) is 0 Å². The van der Waals surface area contributed by atoms with Crippen molar-refractivity contribution in [1.82, 2.24) is 0 Å². The van der Waals surface area contributed by atoms with E-state index in [0.29, 0.717) is 13.0 Å². The zero-order chi connectivity index (χ0) is 19.7. The molecule has 0 spiro atoms. The molecule has 2 amide bonds. The molecule has 4 nitrogen and oxygen atoms in total. The van der Waals surface area contributed by atoms with Crippen molar-refractivity contribution in [2.75, 3.05) is 22.9 Å². The highest BCUT2D eigenvalue weighted by atomic mass is 16.2. The van der Waals surface area contributed by atoms with Crippen molar-refractivity contribution in [2.24, 2.45) is 5.92 Å². The summed E-state index contributed by atoms with van der Waals surface area (Å²) in [5.74, 6) is -0.109. The monoisotopic (exact) mass is 376 g/mol. The van der Waals surface area contributed by atoms with Crippen molar-refractivity contribution >= 4 is 23.2 Å². The Bertz CT molecular complexity index is 883. The maximum absolute atomic E-state index is 13.3. The molecule has 1 atom stereocenters. The molecule has 1 fully saturated rings. The molecule has 2 aromatic rings. The molecule has 0 aromatic heterocycles. The van der Waals surface area contributed by atoms with E-state index in [-0.39, 0.29) is 17.7 Å². The summed E-state index contributed by atoms with van der Waals surface area (Å²) in [6, 6.07) is 14.4. The standard InChI is InChI=1S/C24H28N2O2/c1-3-17-10-7-11-18(4-2)23(17)26-16-20(15-22(26)27)24(28)25-14-8-12-19-9-5-6-13-21(19)25/h5-7,9-11,13,20H,3-4,8,12,14-16H2,1-2H3. The predicted molar refractivity (Wildman–Crippen MR) is 113 cm³/mol. The molecule has 2 aliphatic rings. The summed E-state index contributed by atoms with van der Waals surface area (Å²) in [6.07, 6.45) is 4.06. The van der Waals surface area contributed by atoms with E-state index in [0.717, 1.165) is 43.6 Å². The van der Waals surface area contributed by atoms with Crippen molar-refractivity contribution < 1.29 is 9.59 Å². The Morgan fingerprint density at radius 2 is 1.75 bits per heavy atom. The summed E-state index contributed by atoms with van der Waals surface area (Å²) < 4.78 is 0. The Kier molecular flexibility index (Phi) is 5.21. The van der Waals surface area contributed by atoms with E-state index >= 15 is 0 Å². The van der Waals surface area contributed by atoms with Crippen LogP contribution in [-0.2, 0) is 28.9 Å². The van der Waals surface area contributed by atoms with Crippen LogP contribution < -0.4 is 9.80 Å². The zero-order valence-electron chi connectivity index (χ0n) is 16.8. The van der Waals surface area contributed by atoms with Crippen molar-refractivity contribution in [3.63, 3.8) is 0 Å². The van der Waals surface area contributed by atoms with Gasteiger partial charge in [-0.25, -0.2) is 0 Å². The number of para-hydroxylation sites is 2. The first-order valence-corrected chi connectivity index (χ1v) is 10.4. The average Bonchev–Trinajstić information content (AvgIpc) is 3.13. The van der Waals surface area contributed by atoms with Crippen LogP contribution in [0.25, 0.3) is 0 Å². The van der Waals surface area contributed by atoms with E-state index in [1.807, 2.05) is 28.0 Å². The van der Waals surface area contributed by atoms with Crippen LogP contribution in [0.15, 0.2) is 42.5 Å². The molecule has 0 bridgehead atoms. The van der Waals surface area contributed by atoms with E-state index in [1.54, 1.807) is 0 Å². The lowest BCUT2D eigenvalue weighted by Crippen LogP contribution is -2.40. The number of amides is 2. The molecule has 0 saturated carbocycles. The van der Waals surface area contributed by atoms with E-state index in [9.17, 15) is 9.59 Å². The molecule has 146 valence electrons. The SMILES string of the molecule is CCc1cccc(CC)c1N1CC(C(=O)N2CCCc3ccccc32)CC1=O. The van der Waals surface area contributed by atoms with E-state index in [1.165, 1.54) is 16.7 Å². The molecule has 0 aliphatic carbocycles. The maximum atomic E-state index is 13.3. The summed E-state index contributed by atoms with van der Waals surface area (Å²) in [5, 5.41) is 0. The Morgan fingerprint density at radius 3 is 2.46 bits per heavy atom. The van der Waals surface area contributed by atoms with Gasteiger partial charge < -0.3 is 9.80 Å². The molecule has 1 saturated heterocycles. The average molecular weight is 377 g/mol. The van der Waals surface area contributed by atoms with Gasteiger partial charge in [0.05, 0.1) is 5.92 Å². The number of carbonyl (C=O) groups excluding carboxylic acids is 2. The highest BCUT2D eigenvalue weighted by Crippen LogP contribution is 2.35. The first-order chi connectivity index (χ1) is 13.6. The van der Waals surface area contributed by atoms with Crippen molar-refractivity contribution in [3.05, 3.63) is 59.2 Å². The summed E-state index contributed by atoms with van der Waals surface area (Å²) in [4.78, 5) is 30.0. The van der Waals surface area contributed by atoms with Crippen LogP contribution in [0.2, 0.25) is 0 Å². The zero-order valence-corrected chi connectivity index (χ0v) is 16.8. The molecular formula is C24H28N2O2. The van der Waals surface area contributed by atoms with Gasteiger partial charge in [0, 0.05) is 30.9 Å². The molecule has 28 heavy (non-hydrogen) atoms. The van der Waals surface area contributed by atoms with Crippen LogP contribution in [0.1, 0.15) is 43.4 Å². The second-order valence-corrected chi connectivity index (χ2v) is 7.76. The van der Waals surface area contributed by atoms with Crippen LogP contribution in [-0.4, -0.2) is 24.9 Å². The van der Waals surface area contributed by atoms with Crippen LogP contribution >= 0.6 is 0 Å². The molecule has 4 heteroatoms. The van der Waals surface area contributed by atoms with Crippen molar-refractivity contribution in [1.29, 1.82) is 0 Å². The van der Waals surface area contributed by atoms with Gasteiger partial charge in [-0.3, -0.25) is 9.59 Å². The van der Waals surface area contributed by atoms with Crippen molar-refractivity contribution in [3.8, 4) is 0 Å². The van der Waals surface area contributed by atoms with Crippen LogP contribution in [0, 0.1) is 5.92 Å². The number of hydrogen-bond donors (Lipinski definition) is 0. The number of rotatable bonds is 4. The quantitative estimate of drug-likeness (QED) is 0.804. The summed E-state index contributed by atoms with van der Waals surface area (Å²) in [5.41, 5.74) is 5.65. The molecule has 0 N–H and O–H groups in total. The minimum absolute atomic E-state index is 0.0687. The predicted octanol–water partition coefficient (Wildman–Crippen LogP) is 4.14. The fourth-order valence-electron chi connectivity index (χ4n) is 4.63. The largest absolute Gasteiger partial charge is 0.312 e. The third kappa shape index (κ3) is 3.21. The number of anilines is 2. The van der Waals surface area contributed by atoms with Crippen LogP contribution in [0.4, 0.5) is 11.4 Å². The Labute approximate surface area is 167 Å². The lowest BCUT2D eigenvalue weighted by atomic mass is 9.99. The molecule has 2 heterocycles. The minimum Gasteiger partial charge on any atom is -0.312 e. The van der Waals surface area contributed by atoms with Gasteiger partial charge in [-0.15, -0.1) is 0 Å². The summed E-state index contributed by atoms with van der Waals surface area (Å²) in [6.45, 7) is 5.46. The smallest absolute Gasteiger partial charge is 0.232 e. The van der Waals surface area contributed by atoms with E-state index in [2.05, 4.69) is 38.1 Å². The molecule has 1 unspecified atom stereocenters. The van der Waals surface area contributed by atoms with Gasteiger partial charge >= 0.3 is 0 Å². The maximum Gasteiger partial charge on any atom is 0.232 e. The normalized spacial score (nSPS) is 19.1. The fourth-order valence-corrected chi connectivity index (χ4v) is 4.63. The molecule has 2 aromatic carbocycles. The van der Waals surface area contributed by atoms with Crippen LogP contribution in [0.3, 0.4) is 0 Å². The lowest BCUT2D eigenvalue weighted by Gasteiger charge is -2.31.